The van der Waals surface area contributed by atoms with Gasteiger partial charge in [-0.05, 0) is 18.6 Å². The van der Waals surface area contributed by atoms with Gasteiger partial charge in [-0.25, -0.2) is 4.98 Å². The molecule has 1 heterocycles. The van der Waals surface area contributed by atoms with Crippen molar-refractivity contribution in [2.24, 2.45) is 0 Å². The van der Waals surface area contributed by atoms with Crippen LogP contribution in [0.3, 0.4) is 0 Å². The van der Waals surface area contributed by atoms with Crippen molar-refractivity contribution in [3.05, 3.63) is 36.5 Å². The molecule has 13 heavy (non-hydrogen) atoms. The number of pyridine rings is 1. The zero-order valence-corrected chi connectivity index (χ0v) is 8.00. The van der Waals surface area contributed by atoms with Gasteiger partial charge in [-0.15, -0.1) is 0 Å². The Morgan fingerprint density at radius 2 is 2.23 bits per heavy atom. The molecule has 2 heteroatoms. The summed E-state index contributed by atoms with van der Waals surface area (Å²) in [6.07, 6.45) is 1.76. The first-order valence-electron chi connectivity index (χ1n) is 4.02. The van der Waals surface area contributed by atoms with Crippen LogP contribution in [0.25, 0.3) is 11.6 Å². The van der Waals surface area contributed by atoms with E-state index >= 15 is 0 Å². The maximum Gasteiger partial charge on any atom is 0.213 e. The second kappa shape index (κ2) is 3.90. The third-order valence-electron chi connectivity index (χ3n) is 1.73. The Balaban J connectivity index is 3.25. The first-order valence-corrected chi connectivity index (χ1v) is 4.02. The van der Waals surface area contributed by atoms with Crippen LogP contribution >= 0.6 is 0 Å². The highest BCUT2D eigenvalue weighted by molar-refractivity contribution is 5.68. The van der Waals surface area contributed by atoms with Gasteiger partial charge in [0.1, 0.15) is 0 Å². The number of nitrogens with zero attached hydrogens (tertiary/aromatic N) is 1. The predicted octanol–water partition coefficient (Wildman–Crippen LogP) is 2.77. The second-order valence-electron chi connectivity index (χ2n) is 2.78. The average molecular weight is 175 g/mol. The summed E-state index contributed by atoms with van der Waals surface area (Å²) in [4.78, 5) is 4.27. The normalized spacial score (nSPS) is 9.38. The SMILES string of the molecule is C=Cc1ccc(OC)nc1C(=C)C. The number of rotatable bonds is 3. The monoisotopic (exact) mass is 175 g/mol. The molecular weight excluding hydrogens is 162 g/mol. The Morgan fingerprint density at radius 3 is 2.69 bits per heavy atom. The number of ether oxygens (including phenoxy) is 1. The van der Waals surface area contributed by atoms with E-state index in [0.717, 1.165) is 16.8 Å². The number of allylic oxidation sites excluding steroid dienone is 1. The van der Waals surface area contributed by atoms with Crippen LogP contribution in [-0.4, -0.2) is 12.1 Å². The van der Waals surface area contributed by atoms with Crippen LogP contribution in [0.5, 0.6) is 5.88 Å². The van der Waals surface area contributed by atoms with Gasteiger partial charge in [0.2, 0.25) is 5.88 Å². The molecule has 0 N–H and O–H groups in total. The Bertz CT molecular complexity index is 342. The quantitative estimate of drug-likeness (QED) is 0.704. The highest BCUT2D eigenvalue weighted by Gasteiger charge is 2.03. The molecule has 0 aliphatic heterocycles. The number of methoxy groups -OCH3 is 1. The summed E-state index contributed by atoms with van der Waals surface area (Å²) in [7, 11) is 1.60. The van der Waals surface area contributed by atoms with Gasteiger partial charge < -0.3 is 4.74 Å². The molecule has 0 spiro atoms. The smallest absolute Gasteiger partial charge is 0.213 e. The van der Waals surface area contributed by atoms with Gasteiger partial charge in [0.05, 0.1) is 12.8 Å². The molecule has 68 valence electrons. The molecule has 0 aliphatic carbocycles. The summed E-state index contributed by atoms with van der Waals surface area (Å²) >= 11 is 0. The van der Waals surface area contributed by atoms with E-state index in [4.69, 9.17) is 4.74 Å². The largest absolute Gasteiger partial charge is 0.481 e. The van der Waals surface area contributed by atoms with Crippen molar-refractivity contribution in [1.29, 1.82) is 0 Å². The molecule has 0 unspecified atom stereocenters. The van der Waals surface area contributed by atoms with E-state index in [2.05, 4.69) is 18.1 Å². The van der Waals surface area contributed by atoms with Crippen LogP contribution in [0, 0.1) is 0 Å². The third kappa shape index (κ3) is 1.96. The molecule has 2 nitrogen and oxygen atoms in total. The van der Waals surface area contributed by atoms with Gasteiger partial charge >= 0.3 is 0 Å². The van der Waals surface area contributed by atoms with Crippen molar-refractivity contribution in [1.82, 2.24) is 4.98 Å². The summed E-state index contributed by atoms with van der Waals surface area (Å²) in [5.41, 5.74) is 2.73. The van der Waals surface area contributed by atoms with Gasteiger partial charge in [0.25, 0.3) is 0 Å². The highest BCUT2D eigenvalue weighted by Crippen LogP contribution is 2.19. The molecule has 0 bridgehead atoms. The molecule has 0 aromatic carbocycles. The van der Waals surface area contributed by atoms with Crippen molar-refractivity contribution >= 4 is 11.6 Å². The lowest BCUT2D eigenvalue weighted by molar-refractivity contribution is 0.397. The maximum atomic E-state index is 5.02. The molecule has 0 aliphatic rings. The highest BCUT2D eigenvalue weighted by atomic mass is 16.5. The molecule has 0 amide bonds. The molecule has 1 aromatic heterocycles. The fraction of sp³-hybridized carbons (Fsp3) is 0.182. The van der Waals surface area contributed by atoms with Gasteiger partial charge in [-0.3, -0.25) is 0 Å². The van der Waals surface area contributed by atoms with Crippen molar-refractivity contribution < 1.29 is 4.74 Å². The van der Waals surface area contributed by atoms with Crippen molar-refractivity contribution in [2.75, 3.05) is 7.11 Å². The minimum atomic E-state index is 0.601. The van der Waals surface area contributed by atoms with E-state index in [1.54, 1.807) is 13.2 Å². The van der Waals surface area contributed by atoms with Crippen molar-refractivity contribution in [3.63, 3.8) is 0 Å². The zero-order chi connectivity index (χ0) is 9.84. The molecule has 0 radical (unpaired) electrons. The molecule has 0 fully saturated rings. The van der Waals surface area contributed by atoms with Crippen molar-refractivity contribution in [3.8, 4) is 5.88 Å². The summed E-state index contributed by atoms with van der Waals surface area (Å²) in [6.45, 7) is 9.46. The fourth-order valence-electron chi connectivity index (χ4n) is 1.07. The Labute approximate surface area is 78.6 Å². The zero-order valence-electron chi connectivity index (χ0n) is 8.00. The Morgan fingerprint density at radius 1 is 1.54 bits per heavy atom. The van der Waals surface area contributed by atoms with E-state index < -0.39 is 0 Å². The second-order valence-corrected chi connectivity index (χ2v) is 2.78. The Hall–Kier alpha value is -1.57. The minimum absolute atomic E-state index is 0.601. The van der Waals surface area contributed by atoms with Crippen LogP contribution < -0.4 is 4.74 Å². The molecule has 0 atom stereocenters. The molecule has 1 rings (SSSR count). The van der Waals surface area contributed by atoms with E-state index in [9.17, 15) is 0 Å². The van der Waals surface area contributed by atoms with E-state index in [-0.39, 0.29) is 0 Å². The lowest BCUT2D eigenvalue weighted by atomic mass is 10.1. The van der Waals surface area contributed by atoms with Crippen LogP contribution in [0.2, 0.25) is 0 Å². The van der Waals surface area contributed by atoms with Crippen molar-refractivity contribution in [2.45, 2.75) is 6.92 Å². The van der Waals surface area contributed by atoms with Crippen LogP contribution in [0.4, 0.5) is 0 Å². The molecule has 0 saturated carbocycles. The van der Waals surface area contributed by atoms with Gasteiger partial charge in [0, 0.05) is 11.6 Å². The number of hydrogen-bond donors (Lipinski definition) is 0. The van der Waals surface area contributed by atoms with E-state index in [1.165, 1.54) is 0 Å². The van der Waals surface area contributed by atoms with Crippen LogP contribution in [-0.2, 0) is 0 Å². The summed E-state index contributed by atoms with van der Waals surface area (Å²) in [6, 6.07) is 3.73. The number of hydrogen-bond acceptors (Lipinski definition) is 2. The standard InChI is InChI=1S/C11H13NO/c1-5-9-6-7-10(13-4)12-11(9)8(2)3/h5-7H,1-2H2,3-4H3. The maximum absolute atomic E-state index is 5.02. The summed E-state index contributed by atoms with van der Waals surface area (Å²) in [5.74, 6) is 0.601. The third-order valence-corrected chi connectivity index (χ3v) is 1.73. The lowest BCUT2D eigenvalue weighted by Gasteiger charge is -2.06. The van der Waals surface area contributed by atoms with Crippen LogP contribution in [0.15, 0.2) is 25.3 Å². The molecular formula is C11H13NO. The lowest BCUT2D eigenvalue weighted by Crippen LogP contribution is -1.94. The first kappa shape index (κ1) is 9.52. The predicted molar refractivity (Wildman–Crippen MR) is 55.6 cm³/mol. The summed E-state index contributed by atoms with van der Waals surface area (Å²) in [5, 5.41) is 0. The van der Waals surface area contributed by atoms with E-state index in [1.807, 2.05) is 19.1 Å². The minimum Gasteiger partial charge on any atom is -0.481 e. The summed E-state index contributed by atoms with van der Waals surface area (Å²) < 4.78 is 5.02. The van der Waals surface area contributed by atoms with Gasteiger partial charge in [-0.1, -0.05) is 19.2 Å². The van der Waals surface area contributed by atoms with Gasteiger partial charge in [0.15, 0.2) is 0 Å². The molecule has 1 aromatic rings. The van der Waals surface area contributed by atoms with Gasteiger partial charge in [-0.2, -0.15) is 0 Å². The number of aromatic nitrogens is 1. The molecule has 0 saturated heterocycles. The topological polar surface area (TPSA) is 22.1 Å². The van der Waals surface area contributed by atoms with E-state index in [0.29, 0.717) is 5.88 Å². The van der Waals surface area contributed by atoms with Crippen LogP contribution in [0.1, 0.15) is 18.2 Å². The average Bonchev–Trinajstić information content (AvgIpc) is 2.16. The fourth-order valence-corrected chi connectivity index (χ4v) is 1.07. The Kier molecular flexibility index (Phi) is 2.85. The first-order chi connectivity index (χ1) is 6.19.